The molecule has 25 heavy (non-hydrogen) atoms. The van der Waals surface area contributed by atoms with E-state index in [1.165, 1.54) is 0 Å². The molecule has 3 rings (SSSR count). The summed E-state index contributed by atoms with van der Waals surface area (Å²) in [6, 6.07) is 5.54. The third-order valence-electron chi connectivity index (χ3n) is 5.94. The van der Waals surface area contributed by atoms with Gasteiger partial charge in [0.2, 0.25) is 5.91 Å². The van der Waals surface area contributed by atoms with Gasteiger partial charge in [-0.1, -0.05) is 12.8 Å². The highest BCUT2D eigenvalue weighted by atomic mass is 16.5. The maximum atomic E-state index is 13.1. The number of hydrogen-bond acceptors (Lipinski definition) is 3. The van der Waals surface area contributed by atoms with E-state index in [0.717, 1.165) is 37.0 Å². The first-order chi connectivity index (χ1) is 11.9. The van der Waals surface area contributed by atoms with Gasteiger partial charge < -0.3 is 14.5 Å². The average Bonchev–Trinajstić information content (AvgIpc) is 3.21. The minimum Gasteiger partial charge on any atom is -0.497 e. The second-order valence-electron chi connectivity index (χ2n) is 7.72. The van der Waals surface area contributed by atoms with Crippen molar-refractivity contribution in [2.45, 2.75) is 32.6 Å². The average molecular weight is 344 g/mol. The summed E-state index contributed by atoms with van der Waals surface area (Å²) in [5, 5.41) is 0. The molecule has 2 aliphatic rings. The molecule has 1 unspecified atom stereocenters. The number of carbonyl (C=O) groups is 2. The molecule has 1 aromatic rings. The molecule has 1 aliphatic carbocycles. The number of benzene rings is 1. The molecule has 1 aromatic carbocycles. The van der Waals surface area contributed by atoms with Crippen molar-refractivity contribution in [3.63, 3.8) is 0 Å². The van der Waals surface area contributed by atoms with Crippen molar-refractivity contribution in [2.75, 3.05) is 34.3 Å². The first-order valence-corrected chi connectivity index (χ1v) is 9.03. The van der Waals surface area contributed by atoms with Crippen molar-refractivity contribution >= 4 is 11.8 Å². The predicted molar refractivity (Wildman–Crippen MR) is 96.7 cm³/mol. The quantitative estimate of drug-likeness (QED) is 0.847. The summed E-state index contributed by atoms with van der Waals surface area (Å²) in [5.41, 5.74) is 1.58. The van der Waals surface area contributed by atoms with Gasteiger partial charge in [0.05, 0.1) is 13.0 Å². The predicted octanol–water partition coefficient (Wildman–Crippen LogP) is 2.72. The van der Waals surface area contributed by atoms with Crippen molar-refractivity contribution in [3.05, 3.63) is 29.3 Å². The molecule has 1 atom stereocenters. The van der Waals surface area contributed by atoms with Gasteiger partial charge in [-0.25, -0.2) is 0 Å². The van der Waals surface area contributed by atoms with Crippen molar-refractivity contribution in [1.82, 2.24) is 9.80 Å². The maximum absolute atomic E-state index is 13.1. The third kappa shape index (κ3) is 3.12. The first kappa shape index (κ1) is 17.8. The number of hydrogen-bond donors (Lipinski definition) is 0. The molecule has 1 heterocycles. The lowest BCUT2D eigenvalue weighted by atomic mass is 9.76. The number of rotatable bonds is 3. The van der Waals surface area contributed by atoms with Crippen LogP contribution in [0.4, 0.5) is 0 Å². The Hall–Kier alpha value is -2.04. The second kappa shape index (κ2) is 6.70. The summed E-state index contributed by atoms with van der Waals surface area (Å²) in [5.74, 6) is 0.861. The third-order valence-corrected chi connectivity index (χ3v) is 5.94. The molecule has 0 radical (unpaired) electrons. The first-order valence-electron chi connectivity index (χ1n) is 9.03. The molecule has 5 heteroatoms. The Labute approximate surface area is 149 Å². The molecule has 2 amide bonds. The van der Waals surface area contributed by atoms with Crippen molar-refractivity contribution in [3.8, 4) is 5.75 Å². The monoisotopic (exact) mass is 344 g/mol. The molecule has 1 saturated heterocycles. The number of carbonyl (C=O) groups excluding carboxylic acids is 2. The molecule has 1 spiro atoms. The van der Waals surface area contributed by atoms with Crippen LogP contribution in [0.5, 0.6) is 5.75 Å². The highest BCUT2D eigenvalue weighted by molar-refractivity contribution is 5.96. The maximum Gasteiger partial charge on any atom is 0.254 e. The summed E-state index contributed by atoms with van der Waals surface area (Å²) in [6.45, 7) is 3.16. The van der Waals surface area contributed by atoms with Crippen LogP contribution >= 0.6 is 0 Å². The van der Waals surface area contributed by atoms with E-state index in [1.54, 1.807) is 12.0 Å². The molecule has 0 aromatic heterocycles. The Kier molecular flexibility index (Phi) is 4.76. The van der Waals surface area contributed by atoms with Gasteiger partial charge in [0.15, 0.2) is 0 Å². The van der Waals surface area contributed by atoms with E-state index in [9.17, 15) is 9.59 Å². The van der Waals surface area contributed by atoms with Gasteiger partial charge in [-0.15, -0.1) is 0 Å². The van der Waals surface area contributed by atoms with E-state index in [4.69, 9.17) is 4.74 Å². The van der Waals surface area contributed by atoms with Crippen LogP contribution in [0.2, 0.25) is 0 Å². The van der Waals surface area contributed by atoms with E-state index in [2.05, 4.69) is 0 Å². The largest absolute Gasteiger partial charge is 0.497 e. The lowest BCUT2D eigenvalue weighted by Crippen LogP contribution is -2.39. The molecule has 1 saturated carbocycles. The Morgan fingerprint density at radius 2 is 1.92 bits per heavy atom. The van der Waals surface area contributed by atoms with E-state index < -0.39 is 0 Å². The number of nitrogens with zero attached hydrogens (tertiary/aromatic N) is 2. The smallest absolute Gasteiger partial charge is 0.254 e. The molecule has 0 bridgehead atoms. The summed E-state index contributed by atoms with van der Waals surface area (Å²) >= 11 is 0. The summed E-state index contributed by atoms with van der Waals surface area (Å²) in [6.07, 6.45) is 4.40. The number of methoxy groups -OCH3 is 1. The van der Waals surface area contributed by atoms with E-state index in [0.29, 0.717) is 18.7 Å². The summed E-state index contributed by atoms with van der Waals surface area (Å²) in [4.78, 5) is 29.4. The molecular weight excluding hydrogens is 316 g/mol. The van der Waals surface area contributed by atoms with E-state index >= 15 is 0 Å². The van der Waals surface area contributed by atoms with Crippen LogP contribution in [0.1, 0.15) is 41.6 Å². The van der Waals surface area contributed by atoms with Crippen molar-refractivity contribution < 1.29 is 14.3 Å². The fourth-order valence-electron chi connectivity index (χ4n) is 4.53. The van der Waals surface area contributed by atoms with Crippen LogP contribution in [0.3, 0.4) is 0 Å². The zero-order valence-corrected chi connectivity index (χ0v) is 15.7. The fraction of sp³-hybridized carbons (Fsp3) is 0.600. The zero-order chi connectivity index (χ0) is 18.2. The molecular formula is C20H28N2O3. The fourth-order valence-corrected chi connectivity index (χ4v) is 4.53. The number of amides is 2. The van der Waals surface area contributed by atoms with Crippen LogP contribution in [-0.2, 0) is 4.79 Å². The highest BCUT2D eigenvalue weighted by Crippen LogP contribution is 2.49. The van der Waals surface area contributed by atoms with Crippen LogP contribution in [0.25, 0.3) is 0 Å². The summed E-state index contributed by atoms with van der Waals surface area (Å²) in [7, 11) is 5.24. The van der Waals surface area contributed by atoms with Crippen molar-refractivity contribution in [1.29, 1.82) is 0 Å². The lowest BCUT2D eigenvalue weighted by molar-refractivity contribution is -0.135. The Bertz CT molecular complexity index is 678. The van der Waals surface area contributed by atoms with Gasteiger partial charge >= 0.3 is 0 Å². The minimum absolute atomic E-state index is 0.0282. The highest BCUT2D eigenvalue weighted by Gasteiger charge is 2.52. The Morgan fingerprint density at radius 1 is 1.24 bits per heavy atom. The zero-order valence-electron chi connectivity index (χ0n) is 15.7. The number of likely N-dealkylation sites (tertiary alicyclic amines) is 1. The van der Waals surface area contributed by atoms with E-state index in [-0.39, 0.29) is 23.1 Å². The topological polar surface area (TPSA) is 49.9 Å². The SMILES string of the molecule is COc1ccc(C(=O)N2CC(C(=O)N(C)C)C3(CCCC3)C2)c(C)c1. The van der Waals surface area contributed by atoms with Gasteiger partial charge in [0.1, 0.15) is 5.75 Å². The van der Waals surface area contributed by atoms with Gasteiger partial charge in [-0.3, -0.25) is 9.59 Å². The normalized spacial score (nSPS) is 21.6. The standard InChI is InChI=1S/C20H28N2O3/c1-14-11-15(25-4)7-8-16(14)18(23)22-12-17(19(24)21(2)3)20(13-22)9-5-6-10-20/h7-8,11,17H,5-6,9-10,12-13H2,1-4H3. The number of ether oxygens (including phenoxy) is 1. The molecule has 0 N–H and O–H groups in total. The van der Waals surface area contributed by atoms with Gasteiger partial charge in [0.25, 0.3) is 5.91 Å². The van der Waals surface area contributed by atoms with Gasteiger partial charge in [-0.2, -0.15) is 0 Å². The minimum atomic E-state index is -0.0764. The number of aryl methyl sites for hydroxylation is 1. The van der Waals surface area contributed by atoms with Crippen LogP contribution in [0.15, 0.2) is 18.2 Å². The van der Waals surface area contributed by atoms with E-state index in [1.807, 2.05) is 44.1 Å². The van der Waals surface area contributed by atoms with Crippen molar-refractivity contribution in [2.24, 2.45) is 11.3 Å². The molecule has 5 nitrogen and oxygen atoms in total. The van der Waals surface area contributed by atoms with Crippen LogP contribution in [0, 0.1) is 18.3 Å². The van der Waals surface area contributed by atoms with Gasteiger partial charge in [-0.05, 0) is 43.5 Å². The molecule has 136 valence electrons. The Morgan fingerprint density at radius 3 is 2.48 bits per heavy atom. The molecule has 2 fully saturated rings. The molecule has 1 aliphatic heterocycles. The lowest BCUT2D eigenvalue weighted by Gasteiger charge is -2.30. The van der Waals surface area contributed by atoms with Crippen LogP contribution in [-0.4, -0.2) is 55.9 Å². The summed E-state index contributed by atoms with van der Waals surface area (Å²) < 4.78 is 5.23. The van der Waals surface area contributed by atoms with Gasteiger partial charge in [0, 0.05) is 38.2 Å². The van der Waals surface area contributed by atoms with Crippen LogP contribution < -0.4 is 4.74 Å². The second-order valence-corrected chi connectivity index (χ2v) is 7.72. The Balaban J connectivity index is 1.86.